The van der Waals surface area contributed by atoms with Crippen LogP contribution in [0.15, 0.2) is 42.7 Å². The lowest BCUT2D eigenvalue weighted by atomic mass is 10.1. The number of aromatic nitrogens is 2. The summed E-state index contributed by atoms with van der Waals surface area (Å²) in [6, 6.07) is 10.2. The summed E-state index contributed by atoms with van der Waals surface area (Å²) in [7, 11) is 1.93. The van der Waals surface area contributed by atoms with Gasteiger partial charge in [-0.25, -0.2) is 0 Å². The highest BCUT2D eigenvalue weighted by Crippen LogP contribution is 2.09. The normalized spacial score (nSPS) is 12.8. The van der Waals surface area contributed by atoms with Gasteiger partial charge in [0.15, 0.2) is 0 Å². The van der Waals surface area contributed by atoms with Gasteiger partial charge in [-0.15, -0.1) is 0 Å². The topological polar surface area (TPSA) is 61.5 Å². The molecule has 0 bridgehead atoms. The SMILES string of the molecule is CN(Cc1cccc(Cn2cccn2)c1)C[C@H](O)CO. The number of aliphatic hydroxyl groups excluding tert-OH is 2. The van der Waals surface area contributed by atoms with E-state index in [1.165, 1.54) is 11.1 Å². The fraction of sp³-hybridized carbons (Fsp3) is 0.400. The van der Waals surface area contributed by atoms with Gasteiger partial charge < -0.3 is 10.2 Å². The van der Waals surface area contributed by atoms with Crippen molar-refractivity contribution >= 4 is 0 Å². The van der Waals surface area contributed by atoms with Crippen LogP contribution in [0.25, 0.3) is 0 Å². The zero-order chi connectivity index (χ0) is 14.4. The van der Waals surface area contributed by atoms with E-state index in [9.17, 15) is 5.11 Å². The molecule has 1 aromatic carbocycles. The Labute approximate surface area is 119 Å². The van der Waals surface area contributed by atoms with E-state index in [2.05, 4.69) is 23.3 Å². The Morgan fingerprint density at radius 1 is 1.30 bits per heavy atom. The van der Waals surface area contributed by atoms with E-state index in [-0.39, 0.29) is 6.61 Å². The summed E-state index contributed by atoms with van der Waals surface area (Å²) in [6.07, 6.45) is 3.02. The molecule has 0 saturated carbocycles. The summed E-state index contributed by atoms with van der Waals surface area (Å²) in [5, 5.41) is 22.5. The average Bonchev–Trinajstić information content (AvgIpc) is 2.91. The molecule has 0 aliphatic rings. The van der Waals surface area contributed by atoms with Crippen LogP contribution < -0.4 is 0 Å². The maximum atomic E-state index is 9.43. The Morgan fingerprint density at radius 3 is 2.80 bits per heavy atom. The van der Waals surface area contributed by atoms with Crippen LogP contribution in [0, 0.1) is 0 Å². The number of aliphatic hydroxyl groups is 2. The first-order valence-electron chi connectivity index (χ1n) is 6.70. The molecule has 0 amide bonds. The number of nitrogens with zero attached hydrogens (tertiary/aromatic N) is 3. The summed E-state index contributed by atoms with van der Waals surface area (Å²) >= 11 is 0. The standard InChI is InChI=1S/C15H21N3O2/c1-17(11-15(20)12-19)9-13-4-2-5-14(8-13)10-18-7-3-6-16-18/h2-8,15,19-20H,9-12H2,1H3/t15-/m0/s1. The average molecular weight is 275 g/mol. The first kappa shape index (κ1) is 14.7. The van der Waals surface area contributed by atoms with Crippen molar-refractivity contribution in [3.05, 3.63) is 53.9 Å². The van der Waals surface area contributed by atoms with Gasteiger partial charge in [-0.3, -0.25) is 9.58 Å². The Morgan fingerprint density at radius 2 is 2.10 bits per heavy atom. The number of likely N-dealkylation sites (N-methyl/N-ethyl adjacent to an activating group) is 1. The van der Waals surface area contributed by atoms with Gasteiger partial charge in [0.25, 0.3) is 0 Å². The van der Waals surface area contributed by atoms with Crippen molar-refractivity contribution in [2.75, 3.05) is 20.2 Å². The van der Waals surface area contributed by atoms with E-state index in [4.69, 9.17) is 5.11 Å². The van der Waals surface area contributed by atoms with E-state index < -0.39 is 6.10 Å². The van der Waals surface area contributed by atoms with E-state index in [1.807, 2.05) is 35.0 Å². The van der Waals surface area contributed by atoms with Gasteiger partial charge >= 0.3 is 0 Å². The number of benzene rings is 1. The van der Waals surface area contributed by atoms with Crippen molar-refractivity contribution in [1.82, 2.24) is 14.7 Å². The number of hydrogen-bond donors (Lipinski definition) is 2. The van der Waals surface area contributed by atoms with Crippen molar-refractivity contribution in [2.45, 2.75) is 19.2 Å². The summed E-state index contributed by atoms with van der Waals surface area (Å²) in [6.45, 7) is 1.75. The highest BCUT2D eigenvalue weighted by atomic mass is 16.3. The molecule has 0 aliphatic heterocycles. The van der Waals surface area contributed by atoms with Crippen molar-refractivity contribution < 1.29 is 10.2 Å². The van der Waals surface area contributed by atoms with Gasteiger partial charge in [0.05, 0.1) is 19.3 Å². The molecule has 5 heteroatoms. The predicted octanol–water partition coefficient (Wildman–Crippen LogP) is 0.716. The van der Waals surface area contributed by atoms with Gasteiger partial charge in [0.1, 0.15) is 0 Å². The van der Waals surface area contributed by atoms with Crippen LogP contribution in [0.4, 0.5) is 0 Å². The lowest BCUT2D eigenvalue weighted by Gasteiger charge is -2.19. The van der Waals surface area contributed by atoms with Crippen LogP contribution in [0.1, 0.15) is 11.1 Å². The first-order valence-corrected chi connectivity index (χ1v) is 6.70. The first-order chi connectivity index (χ1) is 9.67. The van der Waals surface area contributed by atoms with Crippen LogP contribution in [0.2, 0.25) is 0 Å². The minimum Gasteiger partial charge on any atom is -0.394 e. The molecule has 20 heavy (non-hydrogen) atoms. The van der Waals surface area contributed by atoms with Gasteiger partial charge in [0.2, 0.25) is 0 Å². The Hall–Kier alpha value is -1.69. The zero-order valence-electron chi connectivity index (χ0n) is 11.7. The summed E-state index contributed by atoms with van der Waals surface area (Å²) in [5.41, 5.74) is 2.38. The Balaban J connectivity index is 1.95. The second kappa shape index (κ2) is 7.19. The molecule has 0 unspecified atom stereocenters. The van der Waals surface area contributed by atoms with Crippen molar-refractivity contribution in [1.29, 1.82) is 0 Å². The van der Waals surface area contributed by atoms with Crippen LogP contribution in [0.3, 0.4) is 0 Å². The van der Waals surface area contributed by atoms with Crippen LogP contribution >= 0.6 is 0 Å². The lowest BCUT2D eigenvalue weighted by molar-refractivity contribution is 0.0648. The maximum Gasteiger partial charge on any atom is 0.0897 e. The van der Waals surface area contributed by atoms with Gasteiger partial charge in [-0.2, -0.15) is 5.10 Å². The minimum absolute atomic E-state index is 0.205. The molecule has 1 heterocycles. The molecule has 5 nitrogen and oxygen atoms in total. The van der Waals surface area contributed by atoms with E-state index in [1.54, 1.807) is 6.20 Å². The molecule has 0 fully saturated rings. The molecule has 1 aromatic heterocycles. The molecule has 2 rings (SSSR count). The third-order valence-electron chi connectivity index (χ3n) is 3.08. The fourth-order valence-electron chi connectivity index (χ4n) is 2.20. The second-order valence-electron chi connectivity index (χ2n) is 5.06. The summed E-state index contributed by atoms with van der Waals surface area (Å²) < 4.78 is 1.89. The summed E-state index contributed by atoms with van der Waals surface area (Å²) in [4.78, 5) is 1.99. The minimum atomic E-state index is -0.688. The highest BCUT2D eigenvalue weighted by molar-refractivity contribution is 5.23. The quantitative estimate of drug-likeness (QED) is 0.781. The van der Waals surface area contributed by atoms with E-state index >= 15 is 0 Å². The molecule has 2 aromatic rings. The molecule has 108 valence electrons. The van der Waals surface area contributed by atoms with Gasteiger partial charge in [-0.05, 0) is 24.2 Å². The molecule has 0 saturated heterocycles. The smallest absolute Gasteiger partial charge is 0.0897 e. The molecule has 2 N–H and O–H groups in total. The molecule has 0 spiro atoms. The van der Waals surface area contributed by atoms with Crippen LogP contribution in [-0.2, 0) is 13.1 Å². The van der Waals surface area contributed by atoms with Crippen LogP contribution in [0.5, 0.6) is 0 Å². The zero-order valence-corrected chi connectivity index (χ0v) is 11.7. The highest BCUT2D eigenvalue weighted by Gasteiger charge is 2.07. The van der Waals surface area contributed by atoms with E-state index in [0.29, 0.717) is 6.54 Å². The molecule has 0 radical (unpaired) electrons. The Bertz CT molecular complexity index is 514. The third-order valence-corrected chi connectivity index (χ3v) is 3.08. The number of rotatable bonds is 7. The second-order valence-corrected chi connectivity index (χ2v) is 5.06. The molecule has 0 aliphatic carbocycles. The van der Waals surface area contributed by atoms with Crippen molar-refractivity contribution in [3.63, 3.8) is 0 Å². The molecule has 1 atom stereocenters. The Kier molecular flexibility index (Phi) is 5.29. The predicted molar refractivity (Wildman–Crippen MR) is 77.2 cm³/mol. The van der Waals surface area contributed by atoms with Gasteiger partial charge in [-0.1, -0.05) is 24.3 Å². The van der Waals surface area contributed by atoms with Crippen molar-refractivity contribution in [2.24, 2.45) is 0 Å². The maximum absolute atomic E-state index is 9.43. The van der Waals surface area contributed by atoms with Crippen molar-refractivity contribution in [3.8, 4) is 0 Å². The molecular weight excluding hydrogens is 254 g/mol. The fourth-order valence-corrected chi connectivity index (χ4v) is 2.20. The van der Waals surface area contributed by atoms with Crippen LogP contribution in [-0.4, -0.2) is 51.2 Å². The number of hydrogen-bond acceptors (Lipinski definition) is 4. The van der Waals surface area contributed by atoms with E-state index in [0.717, 1.165) is 13.1 Å². The third kappa shape index (κ3) is 4.45. The summed E-state index contributed by atoms with van der Waals surface area (Å²) in [5.74, 6) is 0. The monoisotopic (exact) mass is 275 g/mol. The largest absolute Gasteiger partial charge is 0.394 e. The lowest BCUT2D eigenvalue weighted by Crippen LogP contribution is -2.30. The molecular formula is C15H21N3O2. The van der Waals surface area contributed by atoms with Gasteiger partial charge in [0, 0.05) is 25.5 Å².